The molecule has 0 unspecified atom stereocenters. The minimum Gasteiger partial charge on any atom is -0.495 e. The molecule has 2 aromatic carbocycles. The lowest BCUT2D eigenvalue weighted by Gasteiger charge is -2.13. The quantitative estimate of drug-likeness (QED) is 0.569. The molecule has 0 spiro atoms. The summed E-state index contributed by atoms with van der Waals surface area (Å²) in [5, 5.41) is 2.54. The molecule has 3 N–H and O–H groups in total. The van der Waals surface area contributed by atoms with Crippen LogP contribution < -0.4 is 19.5 Å². The summed E-state index contributed by atoms with van der Waals surface area (Å²) in [6, 6.07) is 9.42. The molecule has 1 aliphatic rings. The molecule has 0 atom stereocenters. The van der Waals surface area contributed by atoms with Crippen LogP contribution in [0.4, 0.5) is 11.4 Å². The average Bonchev–Trinajstić information content (AvgIpc) is 3.20. The number of amidine groups is 1. The van der Waals surface area contributed by atoms with Gasteiger partial charge in [-0.1, -0.05) is 6.07 Å². The summed E-state index contributed by atoms with van der Waals surface area (Å²) in [6.07, 6.45) is 1.32. The van der Waals surface area contributed by atoms with Crippen molar-refractivity contribution in [1.29, 1.82) is 0 Å². The van der Waals surface area contributed by atoms with E-state index in [4.69, 9.17) is 4.74 Å². The molecular formula is C19H22N4O6S2. The fraction of sp³-hybridized carbons (Fsp3) is 0.263. The van der Waals surface area contributed by atoms with Crippen molar-refractivity contribution in [2.24, 2.45) is 4.99 Å². The van der Waals surface area contributed by atoms with Crippen LogP contribution >= 0.6 is 0 Å². The van der Waals surface area contributed by atoms with Gasteiger partial charge in [0, 0.05) is 26.0 Å². The van der Waals surface area contributed by atoms with Gasteiger partial charge in [-0.2, -0.15) is 0 Å². The van der Waals surface area contributed by atoms with Gasteiger partial charge >= 0.3 is 0 Å². The van der Waals surface area contributed by atoms with Crippen LogP contribution in [0.1, 0.15) is 19.8 Å². The topological polar surface area (TPSA) is 143 Å². The number of carbonyl (C=O) groups excluding carboxylic acids is 1. The molecule has 3 rings (SSSR count). The van der Waals surface area contributed by atoms with E-state index in [0.29, 0.717) is 24.5 Å². The number of carbonyl (C=O) groups is 1. The van der Waals surface area contributed by atoms with E-state index in [1.165, 1.54) is 56.5 Å². The molecule has 1 aliphatic heterocycles. The Bertz CT molecular complexity index is 1240. The molecule has 1 amide bonds. The summed E-state index contributed by atoms with van der Waals surface area (Å²) >= 11 is 0. The van der Waals surface area contributed by atoms with Gasteiger partial charge in [0.1, 0.15) is 11.6 Å². The zero-order chi connectivity index (χ0) is 22.6. The van der Waals surface area contributed by atoms with Gasteiger partial charge in [-0.15, -0.1) is 0 Å². The summed E-state index contributed by atoms with van der Waals surface area (Å²) in [7, 11) is -6.60. The summed E-state index contributed by atoms with van der Waals surface area (Å²) in [5.74, 6) is 0.218. The third-order valence-electron chi connectivity index (χ3n) is 4.32. The van der Waals surface area contributed by atoms with Crippen molar-refractivity contribution in [3.05, 3.63) is 42.5 Å². The molecular weight excluding hydrogens is 444 g/mol. The van der Waals surface area contributed by atoms with Crippen molar-refractivity contribution >= 4 is 43.2 Å². The van der Waals surface area contributed by atoms with Gasteiger partial charge in [0.15, 0.2) is 0 Å². The van der Waals surface area contributed by atoms with Crippen LogP contribution in [-0.2, 0) is 24.8 Å². The maximum atomic E-state index is 12.8. The maximum Gasteiger partial charge on any atom is 0.262 e. The summed E-state index contributed by atoms with van der Waals surface area (Å²) in [5.41, 5.74) is 0.393. The average molecular weight is 467 g/mol. The molecule has 0 saturated carbocycles. The lowest BCUT2D eigenvalue weighted by Crippen LogP contribution is -2.29. The largest absolute Gasteiger partial charge is 0.495 e. The fourth-order valence-corrected chi connectivity index (χ4v) is 5.11. The number of rotatable bonds is 7. The highest BCUT2D eigenvalue weighted by Crippen LogP contribution is 2.29. The second-order valence-corrected chi connectivity index (χ2v) is 10.1. The Morgan fingerprint density at radius 2 is 1.71 bits per heavy atom. The van der Waals surface area contributed by atoms with Gasteiger partial charge in [-0.3, -0.25) is 19.2 Å². The second kappa shape index (κ2) is 8.94. The van der Waals surface area contributed by atoms with Gasteiger partial charge in [-0.05, 0) is 36.8 Å². The van der Waals surface area contributed by atoms with E-state index in [2.05, 4.69) is 19.8 Å². The monoisotopic (exact) mass is 466 g/mol. The van der Waals surface area contributed by atoms with Gasteiger partial charge in [0.2, 0.25) is 5.91 Å². The fourth-order valence-electron chi connectivity index (χ4n) is 2.91. The first-order valence-corrected chi connectivity index (χ1v) is 12.2. The number of aliphatic imine (C=N–C) groups is 1. The Balaban J connectivity index is 1.85. The Labute approximate surface area is 180 Å². The SMILES string of the molecule is COc1cc(S(=O)(=O)Nc2cccc(S(=O)(=O)NC3=NCCC3)c2)ccc1NC(C)=O. The van der Waals surface area contributed by atoms with E-state index in [-0.39, 0.29) is 27.1 Å². The van der Waals surface area contributed by atoms with Crippen molar-refractivity contribution in [1.82, 2.24) is 4.72 Å². The number of hydrogen-bond acceptors (Lipinski definition) is 7. The maximum absolute atomic E-state index is 12.8. The first kappa shape index (κ1) is 22.6. The lowest BCUT2D eigenvalue weighted by molar-refractivity contribution is -0.114. The Morgan fingerprint density at radius 1 is 1.00 bits per heavy atom. The van der Waals surface area contributed by atoms with Crippen molar-refractivity contribution in [3.8, 4) is 5.75 Å². The van der Waals surface area contributed by atoms with Crippen LogP contribution in [0, 0.1) is 0 Å². The smallest absolute Gasteiger partial charge is 0.262 e. The van der Waals surface area contributed by atoms with E-state index < -0.39 is 20.0 Å². The second-order valence-electron chi connectivity index (χ2n) is 6.71. The molecule has 0 saturated heterocycles. The first-order chi connectivity index (χ1) is 14.6. The minimum atomic E-state index is -4.06. The Morgan fingerprint density at radius 3 is 2.35 bits per heavy atom. The lowest BCUT2D eigenvalue weighted by atomic mass is 10.3. The molecule has 12 heteroatoms. The molecule has 0 radical (unpaired) electrons. The molecule has 0 aliphatic carbocycles. The third-order valence-corrected chi connectivity index (χ3v) is 7.07. The first-order valence-electron chi connectivity index (χ1n) is 9.25. The van der Waals surface area contributed by atoms with Gasteiger partial charge in [-0.25, -0.2) is 16.8 Å². The predicted octanol–water partition coefficient (Wildman–Crippen LogP) is 1.93. The normalized spacial score (nSPS) is 13.9. The number of nitrogens with one attached hydrogen (secondary N) is 3. The van der Waals surface area contributed by atoms with Gasteiger partial charge < -0.3 is 10.1 Å². The third kappa shape index (κ3) is 5.52. The van der Waals surface area contributed by atoms with Crippen LogP contribution in [-0.4, -0.2) is 42.2 Å². The van der Waals surface area contributed by atoms with E-state index in [1.54, 1.807) is 0 Å². The van der Waals surface area contributed by atoms with Crippen LogP contribution in [0.3, 0.4) is 0 Å². The van der Waals surface area contributed by atoms with Crippen molar-refractivity contribution < 1.29 is 26.4 Å². The van der Waals surface area contributed by atoms with Crippen LogP contribution in [0.5, 0.6) is 5.75 Å². The zero-order valence-corrected chi connectivity index (χ0v) is 18.5. The molecule has 0 aromatic heterocycles. The molecule has 31 heavy (non-hydrogen) atoms. The van der Waals surface area contributed by atoms with E-state index in [1.807, 2.05) is 0 Å². The molecule has 0 bridgehead atoms. The van der Waals surface area contributed by atoms with Gasteiger partial charge in [0.25, 0.3) is 20.0 Å². The molecule has 2 aromatic rings. The number of nitrogens with zero attached hydrogens (tertiary/aromatic N) is 1. The molecule has 0 fully saturated rings. The summed E-state index contributed by atoms with van der Waals surface area (Å²) in [4.78, 5) is 15.1. The minimum absolute atomic E-state index is 0.0705. The standard InChI is InChI=1S/C19H22N4O6S2/c1-13(24)21-17-9-8-16(12-18(17)29-2)30(25,26)22-14-5-3-6-15(11-14)31(27,28)23-19-7-4-10-20-19/h3,5-6,8-9,11-12,22H,4,7,10H2,1-2H3,(H,20,23)(H,21,24). The van der Waals surface area contributed by atoms with Crippen LogP contribution in [0.15, 0.2) is 57.2 Å². The predicted molar refractivity (Wildman–Crippen MR) is 116 cm³/mol. The number of benzene rings is 2. The number of ether oxygens (including phenoxy) is 1. The molecule has 10 nitrogen and oxygen atoms in total. The van der Waals surface area contributed by atoms with Crippen molar-refractivity contribution in [3.63, 3.8) is 0 Å². The van der Waals surface area contributed by atoms with Crippen molar-refractivity contribution in [2.75, 3.05) is 23.7 Å². The Kier molecular flexibility index (Phi) is 6.51. The van der Waals surface area contributed by atoms with Crippen LogP contribution in [0.25, 0.3) is 0 Å². The molecule has 166 valence electrons. The van der Waals surface area contributed by atoms with Crippen molar-refractivity contribution in [2.45, 2.75) is 29.6 Å². The number of methoxy groups -OCH3 is 1. The van der Waals surface area contributed by atoms with E-state index >= 15 is 0 Å². The van der Waals surface area contributed by atoms with E-state index in [0.717, 1.165) is 6.42 Å². The number of anilines is 2. The highest BCUT2D eigenvalue weighted by atomic mass is 32.2. The van der Waals surface area contributed by atoms with E-state index in [9.17, 15) is 21.6 Å². The Hall–Kier alpha value is -3.12. The number of sulfonamides is 2. The highest BCUT2D eigenvalue weighted by molar-refractivity contribution is 7.92. The number of amides is 1. The summed E-state index contributed by atoms with van der Waals surface area (Å²) in [6.45, 7) is 1.89. The summed E-state index contributed by atoms with van der Waals surface area (Å²) < 4.78 is 60.7. The number of hydrogen-bond donors (Lipinski definition) is 3. The molecule has 1 heterocycles. The van der Waals surface area contributed by atoms with Gasteiger partial charge in [0.05, 0.1) is 28.3 Å². The van der Waals surface area contributed by atoms with Crippen LogP contribution in [0.2, 0.25) is 0 Å². The zero-order valence-electron chi connectivity index (χ0n) is 16.9. The highest BCUT2D eigenvalue weighted by Gasteiger charge is 2.21.